The fraction of sp³-hybridized carbons (Fsp3) is 0. The Morgan fingerprint density at radius 2 is 2.31 bits per heavy atom. The predicted molar refractivity (Wildman–Crippen MR) is 55.8 cm³/mol. The summed E-state index contributed by atoms with van der Waals surface area (Å²) in [7, 11) is 0. The van der Waals surface area contributed by atoms with Crippen molar-refractivity contribution < 1.29 is 0 Å². The quantitative estimate of drug-likeness (QED) is 0.404. The molecule has 1 aromatic rings. The number of rotatable bonds is 2. The molecule has 1 aromatic carbocycles. The molecular weight excluding hydrogens is 180 g/mol. The summed E-state index contributed by atoms with van der Waals surface area (Å²) in [6.45, 7) is 3.60. The maximum absolute atomic E-state index is 8.59. The van der Waals surface area contributed by atoms with Crippen LogP contribution in [0.4, 0.5) is 5.69 Å². The van der Waals surface area contributed by atoms with Crippen LogP contribution in [0, 0.1) is 11.3 Å². The summed E-state index contributed by atoms with van der Waals surface area (Å²) in [5.74, 6) is 0. The number of benzene rings is 1. The van der Waals surface area contributed by atoms with Crippen LogP contribution in [-0.2, 0) is 0 Å². The van der Waals surface area contributed by atoms with Crippen LogP contribution in [-0.4, -0.2) is 5.16 Å². The highest BCUT2D eigenvalue weighted by molar-refractivity contribution is 7.78. The number of hydrogen-bond acceptors (Lipinski definition) is 3. The lowest BCUT2D eigenvalue weighted by Crippen LogP contribution is -1.77. The number of nitriles is 1. The minimum atomic E-state index is 0.418. The number of thiocarbonyl (C=S) groups is 1. The third kappa shape index (κ3) is 2.34. The van der Waals surface area contributed by atoms with Gasteiger partial charge in [-0.15, -0.1) is 0 Å². The summed E-state index contributed by atoms with van der Waals surface area (Å²) in [5, 5.41) is 10.9. The normalized spacial score (nSPS) is 8.23. The summed E-state index contributed by atoms with van der Waals surface area (Å²) >= 11 is 4.47. The lowest BCUT2D eigenvalue weighted by atomic mass is 10.1. The van der Waals surface area contributed by atoms with Crippen LogP contribution in [0.25, 0.3) is 5.57 Å². The van der Waals surface area contributed by atoms with E-state index in [0.717, 1.165) is 5.56 Å². The average molecular weight is 186 g/mol. The molecule has 0 aliphatic carbocycles. The topological polar surface area (TPSA) is 36.1 Å². The Morgan fingerprint density at radius 1 is 1.54 bits per heavy atom. The zero-order valence-corrected chi connectivity index (χ0v) is 7.64. The van der Waals surface area contributed by atoms with Gasteiger partial charge in [0, 0.05) is 0 Å². The van der Waals surface area contributed by atoms with Crippen molar-refractivity contribution in [3.8, 4) is 6.07 Å². The smallest absolute Gasteiger partial charge is 0.0991 e. The Bertz CT molecular complexity index is 423. The summed E-state index contributed by atoms with van der Waals surface area (Å²) in [4.78, 5) is 3.80. The van der Waals surface area contributed by atoms with Gasteiger partial charge in [0.15, 0.2) is 0 Å². The van der Waals surface area contributed by atoms with Gasteiger partial charge < -0.3 is 0 Å². The largest absolute Gasteiger partial charge is 0.195 e. The fourth-order valence-electron chi connectivity index (χ4n) is 0.880. The molecule has 0 saturated carbocycles. The molecule has 3 heteroatoms. The van der Waals surface area contributed by atoms with Crippen molar-refractivity contribution in [2.45, 2.75) is 0 Å². The summed E-state index contributed by atoms with van der Waals surface area (Å²) in [6, 6.07) is 9.09. The van der Waals surface area contributed by atoms with Gasteiger partial charge >= 0.3 is 0 Å². The molecule has 0 unspecified atom stereocenters. The van der Waals surface area contributed by atoms with Crippen LogP contribution in [0.5, 0.6) is 0 Å². The maximum Gasteiger partial charge on any atom is 0.0991 e. The van der Waals surface area contributed by atoms with E-state index in [0.29, 0.717) is 11.3 Å². The first-order chi connectivity index (χ1) is 6.27. The molecule has 2 nitrogen and oxygen atoms in total. The third-order valence-corrected chi connectivity index (χ3v) is 1.60. The lowest BCUT2D eigenvalue weighted by molar-refractivity contribution is 1.50. The number of nitrogens with zero attached hydrogens (tertiary/aromatic N) is 2. The van der Waals surface area contributed by atoms with Gasteiger partial charge in [-0.05, 0) is 29.9 Å². The van der Waals surface area contributed by atoms with Crippen LogP contribution in [0.15, 0.2) is 35.8 Å². The van der Waals surface area contributed by atoms with Gasteiger partial charge in [0.05, 0.1) is 22.5 Å². The molecule has 0 aromatic heterocycles. The molecule has 0 atom stereocenters. The van der Waals surface area contributed by atoms with Crippen molar-refractivity contribution >= 4 is 28.6 Å². The molecule has 0 N–H and O–H groups in total. The van der Waals surface area contributed by atoms with Crippen LogP contribution in [0.3, 0.4) is 0 Å². The second kappa shape index (κ2) is 4.32. The van der Waals surface area contributed by atoms with Crippen LogP contribution in [0.2, 0.25) is 0 Å². The second-order valence-corrected chi connectivity index (χ2v) is 2.53. The highest BCUT2D eigenvalue weighted by atomic mass is 32.1. The van der Waals surface area contributed by atoms with Crippen molar-refractivity contribution in [2.24, 2.45) is 4.99 Å². The first-order valence-corrected chi connectivity index (χ1v) is 3.96. The van der Waals surface area contributed by atoms with E-state index < -0.39 is 0 Å². The molecule has 0 amide bonds. The van der Waals surface area contributed by atoms with Gasteiger partial charge in [0.25, 0.3) is 0 Å². The maximum atomic E-state index is 8.59. The average Bonchev–Trinajstić information content (AvgIpc) is 2.18. The van der Waals surface area contributed by atoms with E-state index >= 15 is 0 Å². The molecule has 0 radical (unpaired) electrons. The van der Waals surface area contributed by atoms with E-state index in [-0.39, 0.29) is 0 Å². The van der Waals surface area contributed by atoms with Gasteiger partial charge in [-0.2, -0.15) is 10.3 Å². The number of hydrogen-bond donors (Lipinski definition) is 0. The number of allylic oxidation sites excluding steroid dienone is 1. The highest BCUT2D eigenvalue weighted by Crippen LogP contribution is 2.18. The zero-order valence-electron chi connectivity index (χ0n) is 6.82. The molecule has 0 heterocycles. The molecule has 0 spiro atoms. The van der Waals surface area contributed by atoms with E-state index in [1.165, 1.54) is 0 Å². The van der Waals surface area contributed by atoms with Gasteiger partial charge in [-0.25, -0.2) is 0 Å². The van der Waals surface area contributed by atoms with Gasteiger partial charge in [-0.3, -0.25) is 0 Å². The van der Waals surface area contributed by atoms with Crippen molar-refractivity contribution in [3.63, 3.8) is 0 Å². The molecule has 0 aliphatic heterocycles. The highest BCUT2D eigenvalue weighted by Gasteiger charge is 1.97. The first kappa shape index (κ1) is 9.34. The SMILES string of the molecule is C=C(C#N)c1cccc(N=C=S)c1. The van der Waals surface area contributed by atoms with Crippen molar-refractivity contribution in [3.05, 3.63) is 36.4 Å². The van der Waals surface area contributed by atoms with Crippen LogP contribution in [0.1, 0.15) is 5.56 Å². The molecular formula is C10H6N2S. The fourth-order valence-corrected chi connectivity index (χ4v) is 0.986. The van der Waals surface area contributed by atoms with Crippen molar-refractivity contribution in [2.75, 3.05) is 0 Å². The predicted octanol–water partition coefficient (Wildman–Crippen LogP) is 2.96. The number of aliphatic imine (C=N–C) groups is 1. The Morgan fingerprint density at radius 3 is 2.92 bits per heavy atom. The van der Waals surface area contributed by atoms with Crippen LogP contribution >= 0.6 is 12.2 Å². The van der Waals surface area contributed by atoms with Crippen molar-refractivity contribution in [1.82, 2.24) is 0 Å². The molecule has 62 valence electrons. The minimum absolute atomic E-state index is 0.418. The van der Waals surface area contributed by atoms with E-state index in [2.05, 4.69) is 29.0 Å². The molecule has 13 heavy (non-hydrogen) atoms. The molecule has 0 bridgehead atoms. The zero-order chi connectivity index (χ0) is 9.68. The monoisotopic (exact) mass is 186 g/mol. The standard InChI is InChI=1S/C10H6N2S/c1-8(6-11)9-3-2-4-10(5-9)12-7-13/h2-5H,1H2. The Kier molecular flexibility index (Phi) is 3.10. The van der Waals surface area contributed by atoms with Crippen LogP contribution < -0.4 is 0 Å². The molecule has 0 aliphatic rings. The lowest BCUT2D eigenvalue weighted by Gasteiger charge is -1.96. The summed E-state index contributed by atoms with van der Waals surface area (Å²) in [6.07, 6.45) is 0. The Hall–Kier alpha value is -1.75. The van der Waals surface area contributed by atoms with Crippen molar-refractivity contribution in [1.29, 1.82) is 5.26 Å². The number of isothiocyanates is 1. The third-order valence-electron chi connectivity index (χ3n) is 1.50. The Balaban J connectivity index is 3.13. The van der Waals surface area contributed by atoms with E-state index in [9.17, 15) is 0 Å². The molecule has 0 saturated heterocycles. The first-order valence-electron chi connectivity index (χ1n) is 3.55. The Labute approximate surface area is 81.8 Å². The minimum Gasteiger partial charge on any atom is -0.195 e. The van der Waals surface area contributed by atoms with Gasteiger partial charge in [0.1, 0.15) is 0 Å². The second-order valence-electron chi connectivity index (χ2n) is 2.34. The van der Waals surface area contributed by atoms with E-state index in [1.54, 1.807) is 24.3 Å². The summed E-state index contributed by atoms with van der Waals surface area (Å²) in [5.41, 5.74) is 1.86. The summed E-state index contributed by atoms with van der Waals surface area (Å²) < 4.78 is 0. The van der Waals surface area contributed by atoms with Gasteiger partial charge in [0.2, 0.25) is 0 Å². The van der Waals surface area contributed by atoms with E-state index in [4.69, 9.17) is 5.26 Å². The van der Waals surface area contributed by atoms with Gasteiger partial charge in [-0.1, -0.05) is 18.7 Å². The molecule has 1 rings (SSSR count). The molecule has 0 fully saturated rings. The van der Waals surface area contributed by atoms with E-state index in [1.807, 2.05) is 6.07 Å².